The van der Waals surface area contributed by atoms with E-state index in [4.69, 9.17) is 0 Å². The second-order valence-corrected chi connectivity index (χ2v) is 7.06. The van der Waals surface area contributed by atoms with Gasteiger partial charge in [-0.15, -0.1) is 0 Å². The predicted octanol–water partition coefficient (Wildman–Crippen LogP) is 1.41. The van der Waals surface area contributed by atoms with Crippen molar-refractivity contribution >= 4 is 23.2 Å². The lowest BCUT2D eigenvalue weighted by atomic mass is 10.0. The molecule has 1 aliphatic heterocycles. The normalized spacial score (nSPS) is 15.0. The molecule has 4 aromatic heterocycles. The maximum absolute atomic E-state index is 13.3. The zero-order valence-electron chi connectivity index (χ0n) is 15.9. The van der Waals surface area contributed by atoms with Crippen LogP contribution in [0, 0.1) is 0 Å². The number of carbonyl (C=O) groups is 2. The lowest BCUT2D eigenvalue weighted by Crippen LogP contribution is -2.43. The third kappa shape index (κ3) is 2.82. The maximum atomic E-state index is 13.3. The third-order valence-electron chi connectivity index (χ3n) is 5.38. The van der Waals surface area contributed by atoms with E-state index in [0.717, 1.165) is 4.57 Å². The summed E-state index contributed by atoms with van der Waals surface area (Å²) >= 11 is 0. The van der Waals surface area contributed by atoms with Gasteiger partial charge in [0.25, 0.3) is 0 Å². The largest absolute Gasteiger partial charge is 0.343 e. The van der Waals surface area contributed by atoms with Crippen LogP contribution in [0.4, 0.5) is 9.59 Å². The molecule has 1 fully saturated rings. The molecule has 1 saturated heterocycles. The predicted molar refractivity (Wildman–Crippen MR) is 105 cm³/mol. The van der Waals surface area contributed by atoms with E-state index < -0.39 is 11.7 Å². The quantitative estimate of drug-likeness (QED) is 0.472. The van der Waals surface area contributed by atoms with E-state index in [9.17, 15) is 14.4 Å². The van der Waals surface area contributed by atoms with Crippen molar-refractivity contribution in [2.75, 3.05) is 13.1 Å². The van der Waals surface area contributed by atoms with E-state index >= 15 is 0 Å². The monoisotopic (exact) mass is 406 g/mol. The summed E-state index contributed by atoms with van der Waals surface area (Å²) in [4.78, 5) is 52.5. The molecular formula is C19H18N8O3. The van der Waals surface area contributed by atoms with E-state index in [2.05, 4.69) is 15.0 Å². The number of carbonyl (C=O) groups excluding carboxylic acids is 2. The summed E-state index contributed by atoms with van der Waals surface area (Å²) in [7, 11) is 0. The molecule has 30 heavy (non-hydrogen) atoms. The van der Waals surface area contributed by atoms with Crippen molar-refractivity contribution in [2.24, 2.45) is 0 Å². The van der Waals surface area contributed by atoms with Gasteiger partial charge in [-0.1, -0.05) is 0 Å². The number of pyridine rings is 1. The smallest absolute Gasteiger partial charge is 0.324 e. The highest BCUT2D eigenvalue weighted by Gasteiger charge is 2.29. The number of amides is 1. The minimum absolute atomic E-state index is 0.141. The van der Waals surface area contributed by atoms with Crippen molar-refractivity contribution in [1.29, 1.82) is 0 Å². The molecule has 0 aromatic carbocycles. The Hall–Kier alpha value is -4.02. The summed E-state index contributed by atoms with van der Waals surface area (Å²) in [6.45, 7) is 0.993. The molecular weight excluding hydrogens is 388 g/mol. The van der Waals surface area contributed by atoms with Gasteiger partial charge in [0.1, 0.15) is 12.7 Å². The average Bonchev–Trinajstić information content (AvgIpc) is 3.53. The fraction of sp³-hybridized carbons (Fsp3) is 0.263. The molecule has 0 spiro atoms. The number of fused-ring (bicyclic) bond motifs is 1. The first-order valence-electron chi connectivity index (χ1n) is 9.53. The number of likely N-dealkylation sites (tertiary alicyclic amines) is 1. The van der Waals surface area contributed by atoms with Crippen molar-refractivity contribution in [2.45, 2.75) is 18.9 Å². The molecule has 5 rings (SSSR count). The molecule has 0 atom stereocenters. The van der Waals surface area contributed by atoms with Crippen LogP contribution in [0.5, 0.6) is 0 Å². The van der Waals surface area contributed by atoms with Crippen LogP contribution >= 0.6 is 0 Å². The topological polar surface area (TPSA) is 113 Å². The Morgan fingerprint density at radius 2 is 1.60 bits per heavy atom. The first kappa shape index (κ1) is 18.0. The Morgan fingerprint density at radius 1 is 0.933 bits per heavy atom. The van der Waals surface area contributed by atoms with E-state index in [1.165, 1.54) is 34.2 Å². The van der Waals surface area contributed by atoms with Gasteiger partial charge >= 0.3 is 17.8 Å². The average molecular weight is 406 g/mol. The van der Waals surface area contributed by atoms with Crippen LogP contribution in [0.3, 0.4) is 0 Å². The molecule has 11 nitrogen and oxygen atoms in total. The zero-order chi connectivity index (χ0) is 20.7. The summed E-state index contributed by atoms with van der Waals surface area (Å²) in [6.07, 6.45) is 11.7. The van der Waals surface area contributed by atoms with Gasteiger partial charge < -0.3 is 4.90 Å². The van der Waals surface area contributed by atoms with E-state index in [1.54, 1.807) is 40.2 Å². The molecule has 0 aliphatic carbocycles. The number of aromatic nitrogens is 7. The van der Waals surface area contributed by atoms with Crippen LogP contribution in [0.25, 0.3) is 11.2 Å². The summed E-state index contributed by atoms with van der Waals surface area (Å²) in [6, 6.07) is 2.70. The van der Waals surface area contributed by atoms with Gasteiger partial charge in [-0.05, 0) is 25.0 Å². The second-order valence-electron chi connectivity index (χ2n) is 7.06. The van der Waals surface area contributed by atoms with Crippen LogP contribution in [-0.4, -0.2) is 63.3 Å². The fourth-order valence-corrected chi connectivity index (χ4v) is 3.91. The molecule has 152 valence electrons. The molecule has 4 aromatic rings. The molecule has 0 unspecified atom stereocenters. The summed E-state index contributed by atoms with van der Waals surface area (Å²) in [5.41, 5.74) is 0.454. The summed E-state index contributed by atoms with van der Waals surface area (Å²) in [5, 5.41) is 0. The highest BCUT2D eigenvalue weighted by Crippen LogP contribution is 2.25. The first-order valence-corrected chi connectivity index (χ1v) is 9.53. The van der Waals surface area contributed by atoms with Crippen molar-refractivity contribution in [1.82, 2.24) is 38.1 Å². The SMILES string of the molecule is O=C(N1CCC(n2c(=O)n(C(=O)n3ccnc3)c3ncccc32)CC1)n1ccnc1. The van der Waals surface area contributed by atoms with Gasteiger partial charge in [-0.25, -0.2) is 29.3 Å². The first-order chi connectivity index (χ1) is 14.6. The number of hydrogen-bond donors (Lipinski definition) is 0. The Kier molecular flexibility index (Phi) is 4.27. The highest BCUT2D eigenvalue weighted by molar-refractivity contribution is 5.88. The van der Waals surface area contributed by atoms with Crippen molar-refractivity contribution < 1.29 is 9.59 Å². The number of imidazole rings is 3. The molecule has 0 bridgehead atoms. The number of rotatable bonds is 1. The third-order valence-corrected chi connectivity index (χ3v) is 5.38. The second kappa shape index (κ2) is 7.10. The zero-order valence-corrected chi connectivity index (χ0v) is 15.9. The van der Waals surface area contributed by atoms with Gasteiger partial charge in [0.05, 0.1) is 5.52 Å². The number of nitrogens with zero attached hydrogens (tertiary/aromatic N) is 8. The van der Waals surface area contributed by atoms with Crippen molar-refractivity contribution in [3.63, 3.8) is 0 Å². The van der Waals surface area contributed by atoms with E-state index in [1.807, 2.05) is 0 Å². The van der Waals surface area contributed by atoms with Gasteiger partial charge in [0.15, 0.2) is 5.65 Å². The lowest BCUT2D eigenvalue weighted by molar-refractivity contribution is 0.173. The number of piperidine rings is 1. The van der Waals surface area contributed by atoms with Crippen LogP contribution in [-0.2, 0) is 0 Å². The van der Waals surface area contributed by atoms with E-state index in [-0.39, 0.29) is 12.1 Å². The van der Waals surface area contributed by atoms with Gasteiger partial charge in [-0.2, -0.15) is 4.57 Å². The minimum Gasteiger partial charge on any atom is -0.324 e. The molecule has 1 amide bonds. The molecule has 1 aliphatic rings. The Morgan fingerprint density at radius 3 is 2.23 bits per heavy atom. The Bertz CT molecular complexity index is 1260. The van der Waals surface area contributed by atoms with Gasteiger partial charge in [-0.3, -0.25) is 13.7 Å². The van der Waals surface area contributed by atoms with Crippen molar-refractivity contribution in [3.8, 4) is 0 Å². The van der Waals surface area contributed by atoms with E-state index in [0.29, 0.717) is 37.1 Å². The molecule has 0 radical (unpaired) electrons. The summed E-state index contributed by atoms with van der Waals surface area (Å²) in [5.74, 6) is 0. The summed E-state index contributed by atoms with van der Waals surface area (Å²) < 4.78 is 5.37. The van der Waals surface area contributed by atoms with Crippen LogP contribution in [0.2, 0.25) is 0 Å². The van der Waals surface area contributed by atoms with Gasteiger partial charge in [0.2, 0.25) is 0 Å². The van der Waals surface area contributed by atoms with Crippen LogP contribution < -0.4 is 5.69 Å². The fourth-order valence-electron chi connectivity index (χ4n) is 3.91. The molecule has 5 heterocycles. The molecule has 0 N–H and O–H groups in total. The minimum atomic E-state index is -0.535. The maximum Gasteiger partial charge on any atom is 0.343 e. The van der Waals surface area contributed by atoms with Gasteiger partial charge in [0, 0.05) is 50.1 Å². The van der Waals surface area contributed by atoms with Crippen molar-refractivity contribution in [3.05, 3.63) is 66.3 Å². The standard InChI is InChI=1S/C19H18N8O3/c28-17(24-10-6-20-12-24)23-8-3-14(4-9-23)26-15-2-1-5-22-16(15)27(19(26)30)18(29)25-11-7-21-13-25/h1-2,5-7,10-14H,3-4,8-9H2. The van der Waals surface area contributed by atoms with Crippen LogP contribution in [0.15, 0.2) is 60.6 Å². The number of hydrogen-bond acceptors (Lipinski definition) is 6. The Labute approximate surface area is 169 Å². The van der Waals surface area contributed by atoms with Crippen LogP contribution in [0.1, 0.15) is 18.9 Å². The lowest BCUT2D eigenvalue weighted by Gasteiger charge is -2.32. The Balaban J connectivity index is 1.47. The molecule has 0 saturated carbocycles. The highest BCUT2D eigenvalue weighted by atomic mass is 16.2. The molecule has 11 heteroatoms.